The lowest BCUT2D eigenvalue weighted by Crippen LogP contribution is -2.45. The predicted octanol–water partition coefficient (Wildman–Crippen LogP) is 3.55. The van der Waals surface area contributed by atoms with E-state index in [1.807, 2.05) is 0 Å². The van der Waals surface area contributed by atoms with Crippen molar-refractivity contribution in [3.8, 4) is 0 Å². The fraction of sp³-hybridized carbons (Fsp3) is 0.562. The van der Waals surface area contributed by atoms with Crippen molar-refractivity contribution in [2.24, 2.45) is 0 Å². The van der Waals surface area contributed by atoms with Crippen molar-refractivity contribution in [2.45, 2.75) is 32.7 Å². The summed E-state index contributed by atoms with van der Waals surface area (Å²) in [5.74, 6) is -12.3. The molecule has 0 aliphatic rings. The first-order valence-electron chi connectivity index (χ1n) is 8.37. The smallest absolute Gasteiger partial charge is 0.377 e. The van der Waals surface area contributed by atoms with Crippen LogP contribution < -0.4 is 5.32 Å². The molecule has 0 aromatic heterocycles. The molecule has 0 saturated carbocycles. The van der Waals surface area contributed by atoms with E-state index in [0.717, 1.165) is 0 Å². The third-order valence-corrected chi connectivity index (χ3v) is 6.72. The summed E-state index contributed by atoms with van der Waals surface area (Å²) in [5.41, 5.74) is -1.50. The fourth-order valence-corrected chi connectivity index (χ4v) is 4.78. The molecule has 0 saturated heterocycles. The molecule has 0 fully saturated rings. The van der Waals surface area contributed by atoms with E-state index < -0.39 is 49.4 Å². The molecule has 0 atom stereocenters. The Morgan fingerprint density at radius 1 is 0.889 bits per heavy atom. The molecule has 27 heavy (non-hydrogen) atoms. The molecular formula is C16H22F5NO4Si. The maximum Gasteiger partial charge on any atom is 0.500 e. The molecule has 1 amide bonds. The molecular weight excluding hydrogens is 393 g/mol. The first kappa shape index (κ1) is 23.5. The highest BCUT2D eigenvalue weighted by molar-refractivity contribution is 6.60. The molecule has 0 heterocycles. The van der Waals surface area contributed by atoms with Gasteiger partial charge in [-0.1, -0.05) is 0 Å². The molecule has 0 bridgehead atoms. The lowest BCUT2D eigenvalue weighted by molar-refractivity contribution is 0.0859. The van der Waals surface area contributed by atoms with Gasteiger partial charge in [0.25, 0.3) is 5.91 Å². The zero-order valence-electron chi connectivity index (χ0n) is 15.3. The van der Waals surface area contributed by atoms with Crippen LogP contribution in [0.4, 0.5) is 22.0 Å². The van der Waals surface area contributed by atoms with Gasteiger partial charge in [-0.25, -0.2) is 22.0 Å². The van der Waals surface area contributed by atoms with Crippen LogP contribution in [0.3, 0.4) is 0 Å². The second-order valence-corrected chi connectivity index (χ2v) is 8.26. The van der Waals surface area contributed by atoms with Crippen LogP contribution in [0.1, 0.15) is 37.0 Å². The summed E-state index contributed by atoms with van der Waals surface area (Å²) in [5, 5.41) is 2.14. The molecule has 0 aliphatic heterocycles. The second-order valence-electron chi connectivity index (χ2n) is 5.41. The normalized spacial score (nSPS) is 11.7. The van der Waals surface area contributed by atoms with E-state index in [-0.39, 0.29) is 6.54 Å². The second kappa shape index (κ2) is 10.7. The number of carbonyl (C=O) groups is 1. The standard InChI is InChI=1S/C16H22F5NO4Si/c1-4-25-27(24-3,26-5-2)9-7-6-8-22-16(23)10-11(17)13(19)15(21)14(20)12(10)18/h4-9H2,1-3H3,(H,22,23). The van der Waals surface area contributed by atoms with Gasteiger partial charge in [-0.2, -0.15) is 0 Å². The average Bonchev–Trinajstić information content (AvgIpc) is 2.64. The Morgan fingerprint density at radius 2 is 1.37 bits per heavy atom. The molecule has 1 N–H and O–H groups in total. The first-order valence-corrected chi connectivity index (χ1v) is 10.3. The zero-order chi connectivity index (χ0) is 20.6. The molecule has 0 unspecified atom stereocenters. The van der Waals surface area contributed by atoms with Crippen LogP contribution >= 0.6 is 0 Å². The maximum atomic E-state index is 13.6. The van der Waals surface area contributed by atoms with Gasteiger partial charge in [0.05, 0.1) is 0 Å². The van der Waals surface area contributed by atoms with Gasteiger partial charge in [-0.3, -0.25) is 4.79 Å². The average molecular weight is 415 g/mol. The number of hydrogen-bond acceptors (Lipinski definition) is 4. The Balaban J connectivity index is 2.64. The van der Waals surface area contributed by atoms with Crippen LogP contribution in [0.5, 0.6) is 0 Å². The number of nitrogens with one attached hydrogen (secondary N) is 1. The van der Waals surface area contributed by atoms with E-state index in [1.165, 1.54) is 7.11 Å². The molecule has 5 nitrogen and oxygen atoms in total. The van der Waals surface area contributed by atoms with Crippen LogP contribution in [0.25, 0.3) is 0 Å². The quantitative estimate of drug-likeness (QED) is 0.197. The highest BCUT2D eigenvalue weighted by atomic mass is 28.4. The van der Waals surface area contributed by atoms with Crippen LogP contribution in [-0.2, 0) is 13.3 Å². The van der Waals surface area contributed by atoms with Crippen molar-refractivity contribution < 1.29 is 40.0 Å². The van der Waals surface area contributed by atoms with Gasteiger partial charge in [0.1, 0.15) is 5.56 Å². The number of unbranched alkanes of at least 4 members (excludes halogenated alkanes) is 1. The summed E-state index contributed by atoms with van der Waals surface area (Å²) in [6, 6.07) is 0.448. The minimum Gasteiger partial charge on any atom is -0.377 e. The van der Waals surface area contributed by atoms with Crippen LogP contribution in [0.15, 0.2) is 0 Å². The molecule has 154 valence electrons. The third-order valence-electron chi connectivity index (χ3n) is 3.67. The minimum atomic E-state index is -2.82. The van der Waals surface area contributed by atoms with Gasteiger partial charge in [-0.15, -0.1) is 0 Å². The van der Waals surface area contributed by atoms with E-state index in [2.05, 4.69) is 5.32 Å². The monoisotopic (exact) mass is 415 g/mol. The van der Waals surface area contributed by atoms with Crippen LogP contribution in [0, 0.1) is 29.1 Å². The fourth-order valence-electron chi connectivity index (χ4n) is 2.41. The highest BCUT2D eigenvalue weighted by Crippen LogP contribution is 2.23. The van der Waals surface area contributed by atoms with Gasteiger partial charge in [0.2, 0.25) is 5.82 Å². The van der Waals surface area contributed by atoms with Crippen molar-refractivity contribution in [1.29, 1.82) is 0 Å². The topological polar surface area (TPSA) is 56.8 Å². The van der Waals surface area contributed by atoms with E-state index >= 15 is 0 Å². The summed E-state index contributed by atoms with van der Waals surface area (Å²) < 4.78 is 83.0. The lowest BCUT2D eigenvalue weighted by atomic mass is 10.1. The summed E-state index contributed by atoms with van der Waals surface area (Å²) in [4.78, 5) is 11.8. The SMILES string of the molecule is CCO[Si](CCCCNC(=O)c1c(F)c(F)c(F)c(F)c1F)(OC)OCC. The maximum absolute atomic E-state index is 13.6. The summed E-state index contributed by atoms with van der Waals surface area (Å²) in [6.45, 7) is 4.35. The molecule has 0 aliphatic carbocycles. The summed E-state index contributed by atoms with van der Waals surface area (Å²) in [6.07, 6.45) is 0.858. The lowest BCUT2D eigenvalue weighted by Gasteiger charge is -2.27. The van der Waals surface area contributed by atoms with E-state index in [4.69, 9.17) is 13.3 Å². The summed E-state index contributed by atoms with van der Waals surface area (Å²) >= 11 is 0. The number of carbonyl (C=O) groups excluding carboxylic acids is 1. The van der Waals surface area contributed by atoms with Crippen LogP contribution in [0.2, 0.25) is 6.04 Å². The molecule has 0 radical (unpaired) electrons. The van der Waals surface area contributed by atoms with E-state index in [9.17, 15) is 26.7 Å². The van der Waals surface area contributed by atoms with Crippen molar-refractivity contribution in [3.05, 3.63) is 34.6 Å². The number of halogens is 5. The molecule has 0 spiro atoms. The zero-order valence-corrected chi connectivity index (χ0v) is 16.3. The van der Waals surface area contributed by atoms with Gasteiger partial charge in [0.15, 0.2) is 23.3 Å². The van der Waals surface area contributed by atoms with Crippen molar-refractivity contribution in [3.63, 3.8) is 0 Å². The van der Waals surface area contributed by atoms with E-state index in [1.54, 1.807) is 13.8 Å². The number of rotatable bonds is 11. The van der Waals surface area contributed by atoms with Gasteiger partial charge in [-0.05, 0) is 26.7 Å². The molecule has 11 heteroatoms. The van der Waals surface area contributed by atoms with E-state index in [0.29, 0.717) is 32.1 Å². The van der Waals surface area contributed by atoms with Gasteiger partial charge in [0, 0.05) is 32.9 Å². The number of benzene rings is 1. The molecule has 1 aromatic carbocycles. The van der Waals surface area contributed by atoms with Crippen molar-refractivity contribution in [2.75, 3.05) is 26.9 Å². The van der Waals surface area contributed by atoms with Gasteiger partial charge >= 0.3 is 8.80 Å². The highest BCUT2D eigenvalue weighted by Gasteiger charge is 2.38. The Labute approximate surface area is 155 Å². The largest absolute Gasteiger partial charge is 0.500 e. The van der Waals surface area contributed by atoms with Gasteiger partial charge < -0.3 is 18.6 Å². The Bertz CT molecular complexity index is 627. The predicted molar refractivity (Wildman–Crippen MR) is 88.6 cm³/mol. The Morgan fingerprint density at radius 3 is 1.81 bits per heavy atom. The minimum absolute atomic E-state index is 0.0369. The first-order chi connectivity index (χ1) is 12.7. The van der Waals surface area contributed by atoms with Crippen molar-refractivity contribution in [1.82, 2.24) is 5.32 Å². The number of hydrogen-bond donors (Lipinski definition) is 1. The Hall–Kier alpha value is -1.56. The van der Waals surface area contributed by atoms with Crippen LogP contribution in [-0.4, -0.2) is 41.6 Å². The molecule has 1 rings (SSSR count). The van der Waals surface area contributed by atoms with Crippen molar-refractivity contribution >= 4 is 14.7 Å². The number of amides is 1. The molecule has 1 aromatic rings. The summed E-state index contributed by atoms with van der Waals surface area (Å²) in [7, 11) is -1.35. The Kier molecular flexibility index (Phi) is 9.29. The third kappa shape index (κ3) is 5.70.